The van der Waals surface area contributed by atoms with Crippen LogP contribution in [0.5, 0.6) is 0 Å². The van der Waals surface area contributed by atoms with E-state index in [9.17, 15) is 14.4 Å². The number of amides is 2. The van der Waals surface area contributed by atoms with Crippen molar-refractivity contribution < 1.29 is 19.2 Å². The van der Waals surface area contributed by atoms with E-state index in [0.717, 1.165) is 0 Å². The minimum atomic E-state index is -0.738. The number of hydrogen-bond donors (Lipinski definition) is 3. The molecule has 0 spiro atoms. The molecule has 2 amide bonds. The van der Waals surface area contributed by atoms with Crippen molar-refractivity contribution in [3.8, 4) is 0 Å². The fourth-order valence-electron chi connectivity index (χ4n) is 1.81. The zero-order valence-electron chi connectivity index (χ0n) is 9.22. The Labute approximate surface area is 104 Å². The van der Waals surface area contributed by atoms with Gasteiger partial charge in [-0.25, -0.2) is 0 Å². The molecule has 0 radical (unpaired) electrons. The van der Waals surface area contributed by atoms with Crippen molar-refractivity contribution >= 4 is 30.6 Å². The Balaban J connectivity index is 2.52. The Morgan fingerprint density at radius 1 is 1.59 bits per heavy atom. The summed E-state index contributed by atoms with van der Waals surface area (Å²) in [5, 5.41) is 0. The molecule has 0 aromatic rings. The predicted molar refractivity (Wildman–Crippen MR) is 61.4 cm³/mol. The Kier molecular flexibility index (Phi) is 5.23. The van der Waals surface area contributed by atoms with Crippen molar-refractivity contribution in [1.82, 2.24) is 9.79 Å². The fourth-order valence-corrected chi connectivity index (χ4v) is 1.91. The van der Waals surface area contributed by atoms with E-state index in [0.29, 0.717) is 19.4 Å². The number of thiol groups is 1. The summed E-state index contributed by atoms with van der Waals surface area (Å²) in [6.07, 6.45) is 1.29. The van der Waals surface area contributed by atoms with E-state index in [1.54, 1.807) is 0 Å². The van der Waals surface area contributed by atoms with Gasteiger partial charge >= 0.3 is 5.97 Å². The first-order chi connectivity index (χ1) is 8.06. The number of nitrogens with one attached hydrogen (secondary N) is 1. The highest BCUT2D eigenvalue weighted by atomic mass is 32.1. The molecule has 0 aliphatic carbocycles. The van der Waals surface area contributed by atoms with Crippen LogP contribution in [0.1, 0.15) is 25.7 Å². The summed E-state index contributed by atoms with van der Waals surface area (Å²) in [5.41, 5.74) is 5.22. The average molecular weight is 261 g/mol. The van der Waals surface area contributed by atoms with E-state index in [4.69, 9.17) is 5.73 Å². The third-order valence-electron chi connectivity index (χ3n) is 2.60. The third kappa shape index (κ3) is 3.90. The van der Waals surface area contributed by atoms with Crippen LogP contribution >= 0.6 is 12.8 Å². The number of carbonyl (C=O) groups is 3. The molecular weight excluding hydrogens is 246 g/mol. The van der Waals surface area contributed by atoms with Gasteiger partial charge in [0.15, 0.2) is 0 Å². The second-order valence-electron chi connectivity index (χ2n) is 3.71. The molecule has 96 valence electrons. The molecule has 1 saturated heterocycles. The van der Waals surface area contributed by atoms with Crippen LogP contribution in [-0.2, 0) is 19.2 Å². The molecule has 1 aliphatic heterocycles. The van der Waals surface area contributed by atoms with Crippen LogP contribution in [0.25, 0.3) is 0 Å². The summed E-state index contributed by atoms with van der Waals surface area (Å²) < 4.78 is 0. The maximum atomic E-state index is 11.5. The van der Waals surface area contributed by atoms with Gasteiger partial charge in [-0.05, 0) is 12.8 Å². The van der Waals surface area contributed by atoms with Crippen LogP contribution in [0.15, 0.2) is 0 Å². The van der Waals surface area contributed by atoms with Gasteiger partial charge in [-0.2, -0.15) is 0 Å². The molecule has 1 heterocycles. The first kappa shape index (κ1) is 13.8. The van der Waals surface area contributed by atoms with E-state index in [-0.39, 0.29) is 18.7 Å². The number of carbonyl (C=O) groups excluding carboxylic acids is 3. The summed E-state index contributed by atoms with van der Waals surface area (Å²) in [6.45, 7) is 0.506. The molecule has 1 rings (SSSR count). The van der Waals surface area contributed by atoms with E-state index >= 15 is 0 Å². The monoisotopic (exact) mass is 261 g/mol. The second kappa shape index (κ2) is 6.45. The van der Waals surface area contributed by atoms with Gasteiger partial charge in [-0.1, -0.05) is 17.7 Å². The minimum Gasteiger partial charge on any atom is -0.368 e. The molecule has 8 heteroatoms. The van der Waals surface area contributed by atoms with Crippen molar-refractivity contribution in [2.45, 2.75) is 31.7 Å². The highest BCUT2D eigenvalue weighted by Gasteiger charge is 2.31. The smallest absolute Gasteiger partial charge is 0.326 e. The summed E-state index contributed by atoms with van der Waals surface area (Å²) in [4.78, 5) is 41.5. The normalized spacial score (nSPS) is 17.0. The van der Waals surface area contributed by atoms with Gasteiger partial charge in [0.25, 0.3) is 0 Å². The van der Waals surface area contributed by atoms with Crippen LogP contribution < -0.4 is 10.6 Å². The number of primary amides is 1. The highest BCUT2D eigenvalue weighted by Crippen LogP contribution is 2.17. The molecule has 7 nitrogen and oxygen atoms in total. The molecule has 3 N–H and O–H groups in total. The van der Waals surface area contributed by atoms with Crippen molar-refractivity contribution in [1.29, 1.82) is 0 Å². The van der Waals surface area contributed by atoms with Crippen molar-refractivity contribution in [2.75, 3.05) is 6.54 Å². The first-order valence-corrected chi connectivity index (χ1v) is 5.68. The largest absolute Gasteiger partial charge is 0.368 e. The Morgan fingerprint density at radius 3 is 2.76 bits per heavy atom. The van der Waals surface area contributed by atoms with Gasteiger partial charge in [-0.15, -0.1) is 0 Å². The van der Waals surface area contributed by atoms with E-state index < -0.39 is 17.9 Å². The van der Waals surface area contributed by atoms with E-state index in [1.807, 2.05) is 4.89 Å². The predicted octanol–water partition coefficient (Wildman–Crippen LogP) is -0.865. The van der Waals surface area contributed by atoms with Gasteiger partial charge in [-0.3, -0.25) is 14.4 Å². The second-order valence-corrected chi connectivity index (χ2v) is 3.90. The zero-order chi connectivity index (χ0) is 12.8. The number of rotatable bonds is 6. The van der Waals surface area contributed by atoms with Crippen LogP contribution in [0.2, 0.25) is 0 Å². The lowest BCUT2D eigenvalue weighted by Crippen LogP contribution is -2.45. The summed E-state index contributed by atoms with van der Waals surface area (Å²) in [7, 11) is 0. The van der Waals surface area contributed by atoms with Crippen LogP contribution in [0, 0.1) is 0 Å². The average Bonchev–Trinajstić information content (AvgIpc) is 2.65. The van der Waals surface area contributed by atoms with E-state index in [2.05, 4.69) is 17.7 Å². The lowest BCUT2D eigenvalue weighted by molar-refractivity contribution is -0.147. The molecular formula is C9H15N3O4S. The molecule has 0 saturated carbocycles. The summed E-state index contributed by atoms with van der Waals surface area (Å²) in [5.74, 6) is -1.26. The number of hydrogen-bond acceptors (Lipinski definition) is 6. The summed E-state index contributed by atoms with van der Waals surface area (Å²) >= 11 is 3.50. The van der Waals surface area contributed by atoms with Gasteiger partial charge in [0.2, 0.25) is 11.8 Å². The highest BCUT2D eigenvalue weighted by molar-refractivity contribution is 7.77. The van der Waals surface area contributed by atoms with Gasteiger partial charge in [0.05, 0.1) is 0 Å². The minimum absolute atomic E-state index is 0.00898. The standard InChI is InChI=1S/C9H15N3O4S/c10-9(15)6(3-4-8(14)16-11-17)12-5-1-2-7(12)13/h6,11,17H,1-5H2,(H2,10,15)/t6-/m0/s1. The first-order valence-electron chi connectivity index (χ1n) is 5.23. The zero-order valence-corrected chi connectivity index (χ0v) is 10.1. The number of nitrogens with zero attached hydrogens (tertiary/aromatic N) is 1. The number of likely N-dealkylation sites (tertiary alicyclic amines) is 1. The van der Waals surface area contributed by atoms with Crippen LogP contribution in [0.3, 0.4) is 0 Å². The Morgan fingerprint density at radius 2 is 2.29 bits per heavy atom. The van der Waals surface area contributed by atoms with Gasteiger partial charge in [0.1, 0.15) is 6.04 Å². The van der Waals surface area contributed by atoms with Crippen LogP contribution in [0.4, 0.5) is 0 Å². The molecule has 0 bridgehead atoms. The fraction of sp³-hybridized carbons (Fsp3) is 0.667. The molecule has 0 aromatic heterocycles. The van der Waals surface area contributed by atoms with Gasteiger partial charge < -0.3 is 15.5 Å². The van der Waals surface area contributed by atoms with Crippen LogP contribution in [-0.4, -0.2) is 35.3 Å². The summed E-state index contributed by atoms with van der Waals surface area (Å²) in [6, 6.07) is -0.738. The Hall–Kier alpha value is -1.28. The SMILES string of the molecule is NC(=O)[C@H](CCC(=O)ONS)N1CCCC1=O. The lowest BCUT2D eigenvalue weighted by Gasteiger charge is -2.24. The van der Waals surface area contributed by atoms with E-state index in [1.165, 1.54) is 4.90 Å². The lowest BCUT2D eigenvalue weighted by atomic mass is 10.1. The molecule has 1 aliphatic rings. The van der Waals surface area contributed by atoms with Gasteiger partial charge in [0, 0.05) is 19.4 Å². The molecule has 1 atom stereocenters. The molecule has 17 heavy (non-hydrogen) atoms. The topological polar surface area (TPSA) is 102 Å². The Bertz CT molecular complexity index is 323. The van der Waals surface area contributed by atoms with Crippen molar-refractivity contribution in [3.05, 3.63) is 0 Å². The quantitative estimate of drug-likeness (QED) is 0.426. The third-order valence-corrected chi connectivity index (χ3v) is 2.69. The molecule has 0 aromatic carbocycles. The molecule has 1 fully saturated rings. The maximum absolute atomic E-state index is 11.5. The van der Waals surface area contributed by atoms with Crippen molar-refractivity contribution in [2.24, 2.45) is 5.73 Å². The number of nitrogens with two attached hydrogens (primary N) is 1. The maximum Gasteiger partial charge on any atom is 0.326 e. The molecule has 0 unspecified atom stereocenters. The van der Waals surface area contributed by atoms with Crippen molar-refractivity contribution in [3.63, 3.8) is 0 Å².